The van der Waals surface area contributed by atoms with E-state index in [2.05, 4.69) is 4.84 Å². The predicted molar refractivity (Wildman–Crippen MR) is 40.9 cm³/mol. The number of hydrogen-bond donors (Lipinski definition) is 2. The van der Waals surface area contributed by atoms with Gasteiger partial charge in [0, 0.05) is 6.54 Å². The van der Waals surface area contributed by atoms with Crippen molar-refractivity contribution < 1.29 is 22.8 Å². The topological polar surface area (TPSA) is 64.4 Å². The van der Waals surface area contributed by atoms with E-state index >= 15 is 0 Å². The lowest BCUT2D eigenvalue weighted by atomic mass is 10.1. The smallest absolute Gasteiger partial charge is 0.329 e. The Kier molecular flexibility index (Phi) is 3.01. The van der Waals surface area contributed by atoms with Crippen LogP contribution in [0.3, 0.4) is 0 Å². The molecule has 7 heteroatoms. The van der Waals surface area contributed by atoms with Crippen molar-refractivity contribution in [3.63, 3.8) is 0 Å². The van der Waals surface area contributed by atoms with E-state index < -0.39 is 24.1 Å². The number of halogens is 3. The summed E-state index contributed by atoms with van der Waals surface area (Å²) in [5.74, 6) is -0.566. The highest BCUT2D eigenvalue weighted by Gasteiger charge is 2.49. The Bertz CT molecular complexity index is 225. The van der Waals surface area contributed by atoms with Crippen LogP contribution in [0.2, 0.25) is 0 Å². The first kappa shape index (κ1) is 11.3. The molecule has 1 fully saturated rings. The molecule has 0 unspecified atom stereocenters. The van der Waals surface area contributed by atoms with Crippen LogP contribution in [0.15, 0.2) is 0 Å². The number of nitrogens with two attached hydrogens (primary N) is 1. The highest BCUT2D eigenvalue weighted by molar-refractivity contribution is 5.84. The monoisotopic (exact) mass is 212 g/mol. The molecule has 1 amide bonds. The lowest BCUT2D eigenvalue weighted by molar-refractivity contribution is -0.193. The van der Waals surface area contributed by atoms with Crippen LogP contribution in [0.1, 0.15) is 12.8 Å². The molecule has 1 aliphatic rings. The second-order valence-electron chi connectivity index (χ2n) is 3.32. The molecule has 0 atom stereocenters. The summed E-state index contributed by atoms with van der Waals surface area (Å²) in [4.78, 5) is 15.2. The minimum absolute atomic E-state index is 0.133. The Balaban J connectivity index is 2.23. The third-order valence-corrected chi connectivity index (χ3v) is 2.13. The molecule has 0 spiro atoms. The number of nitrogens with one attached hydrogen (secondary N) is 1. The summed E-state index contributed by atoms with van der Waals surface area (Å²) in [5, 5.41) is 0. The number of hydroxylamine groups is 1. The fourth-order valence-corrected chi connectivity index (χ4v) is 0.966. The van der Waals surface area contributed by atoms with Crippen LogP contribution in [-0.4, -0.2) is 25.2 Å². The van der Waals surface area contributed by atoms with Gasteiger partial charge in [-0.05, 0) is 12.8 Å². The van der Waals surface area contributed by atoms with Crippen LogP contribution >= 0.6 is 0 Å². The van der Waals surface area contributed by atoms with Gasteiger partial charge in [0.15, 0.2) is 6.61 Å². The van der Waals surface area contributed by atoms with Gasteiger partial charge in [0.1, 0.15) is 0 Å². The van der Waals surface area contributed by atoms with Crippen LogP contribution in [0.4, 0.5) is 13.2 Å². The zero-order valence-corrected chi connectivity index (χ0v) is 7.36. The van der Waals surface area contributed by atoms with Crippen molar-refractivity contribution in [3.8, 4) is 0 Å². The molecular weight excluding hydrogens is 201 g/mol. The average Bonchev–Trinajstić information content (AvgIpc) is 2.81. The van der Waals surface area contributed by atoms with Gasteiger partial charge in [0.25, 0.3) is 5.91 Å². The maximum Gasteiger partial charge on any atom is 0.414 e. The summed E-state index contributed by atoms with van der Waals surface area (Å²) < 4.78 is 34.8. The molecule has 0 bridgehead atoms. The highest BCUT2D eigenvalue weighted by Crippen LogP contribution is 2.44. The van der Waals surface area contributed by atoms with Gasteiger partial charge in [0.05, 0.1) is 5.41 Å². The first-order valence-electron chi connectivity index (χ1n) is 4.09. The number of amides is 1. The molecule has 0 aromatic rings. The first-order valence-corrected chi connectivity index (χ1v) is 4.09. The molecule has 3 N–H and O–H groups in total. The van der Waals surface area contributed by atoms with E-state index in [1.54, 1.807) is 5.48 Å². The van der Waals surface area contributed by atoms with Crippen molar-refractivity contribution in [2.75, 3.05) is 13.2 Å². The third kappa shape index (κ3) is 2.85. The Labute approximate surface area is 78.5 Å². The maximum absolute atomic E-state index is 11.6. The second kappa shape index (κ2) is 3.74. The number of carbonyl (C=O) groups excluding carboxylic acids is 1. The number of hydrogen-bond acceptors (Lipinski definition) is 3. The molecule has 82 valence electrons. The third-order valence-electron chi connectivity index (χ3n) is 2.13. The van der Waals surface area contributed by atoms with Crippen LogP contribution in [0.5, 0.6) is 0 Å². The average molecular weight is 212 g/mol. The summed E-state index contributed by atoms with van der Waals surface area (Å²) in [6.45, 7) is -1.35. The Hall–Kier alpha value is -0.820. The predicted octanol–water partition coefficient (Wildman–Crippen LogP) is 0.335. The van der Waals surface area contributed by atoms with Crippen LogP contribution in [0, 0.1) is 5.41 Å². The zero-order chi connectivity index (χ0) is 10.8. The van der Waals surface area contributed by atoms with Crippen molar-refractivity contribution >= 4 is 5.91 Å². The van der Waals surface area contributed by atoms with E-state index in [4.69, 9.17) is 5.73 Å². The van der Waals surface area contributed by atoms with Crippen LogP contribution in [-0.2, 0) is 9.63 Å². The molecule has 4 nitrogen and oxygen atoms in total. The number of carbonyl (C=O) groups is 1. The summed E-state index contributed by atoms with van der Waals surface area (Å²) in [5.41, 5.74) is 6.35. The van der Waals surface area contributed by atoms with Crippen molar-refractivity contribution in [2.24, 2.45) is 11.1 Å². The van der Waals surface area contributed by atoms with E-state index in [-0.39, 0.29) is 6.54 Å². The van der Waals surface area contributed by atoms with Gasteiger partial charge in [-0.2, -0.15) is 13.2 Å². The molecule has 14 heavy (non-hydrogen) atoms. The minimum atomic E-state index is -4.44. The summed E-state index contributed by atoms with van der Waals surface area (Å²) in [6, 6.07) is 0. The fourth-order valence-electron chi connectivity index (χ4n) is 0.966. The van der Waals surface area contributed by atoms with E-state index in [0.717, 1.165) is 0 Å². The van der Waals surface area contributed by atoms with Crippen molar-refractivity contribution in [2.45, 2.75) is 19.0 Å². The van der Waals surface area contributed by atoms with Crippen LogP contribution < -0.4 is 11.2 Å². The molecule has 0 heterocycles. The molecule has 1 saturated carbocycles. The minimum Gasteiger partial charge on any atom is -0.329 e. The Morgan fingerprint density at radius 2 is 2.07 bits per heavy atom. The van der Waals surface area contributed by atoms with Gasteiger partial charge in [-0.25, -0.2) is 5.48 Å². The highest BCUT2D eigenvalue weighted by atomic mass is 19.4. The Morgan fingerprint density at radius 3 is 2.43 bits per heavy atom. The normalized spacial score (nSPS) is 19.1. The van der Waals surface area contributed by atoms with E-state index in [1.807, 2.05) is 0 Å². The molecule has 0 aromatic carbocycles. The van der Waals surface area contributed by atoms with Gasteiger partial charge < -0.3 is 5.73 Å². The fraction of sp³-hybridized carbons (Fsp3) is 0.857. The van der Waals surface area contributed by atoms with Gasteiger partial charge in [-0.3, -0.25) is 9.63 Å². The SMILES string of the molecule is NCC1(C(=O)NOCC(F)(F)F)CC1. The molecule has 1 rings (SSSR count). The van der Waals surface area contributed by atoms with Crippen molar-refractivity contribution in [1.29, 1.82) is 0 Å². The first-order chi connectivity index (χ1) is 6.40. The molecule has 0 saturated heterocycles. The quantitative estimate of drug-likeness (QED) is 0.660. The van der Waals surface area contributed by atoms with Gasteiger partial charge in [-0.15, -0.1) is 0 Å². The van der Waals surface area contributed by atoms with Gasteiger partial charge in [0.2, 0.25) is 0 Å². The largest absolute Gasteiger partial charge is 0.414 e. The number of rotatable bonds is 4. The van der Waals surface area contributed by atoms with E-state index in [1.165, 1.54) is 0 Å². The maximum atomic E-state index is 11.6. The summed E-state index contributed by atoms with van der Waals surface area (Å²) >= 11 is 0. The Morgan fingerprint density at radius 1 is 1.50 bits per heavy atom. The van der Waals surface area contributed by atoms with Crippen molar-refractivity contribution in [3.05, 3.63) is 0 Å². The lowest BCUT2D eigenvalue weighted by Gasteiger charge is -2.13. The molecule has 0 aromatic heterocycles. The van der Waals surface area contributed by atoms with E-state index in [0.29, 0.717) is 12.8 Å². The van der Waals surface area contributed by atoms with Gasteiger partial charge >= 0.3 is 6.18 Å². The second-order valence-corrected chi connectivity index (χ2v) is 3.32. The van der Waals surface area contributed by atoms with Crippen molar-refractivity contribution in [1.82, 2.24) is 5.48 Å². The molecular formula is C7H11F3N2O2. The molecule has 0 aliphatic heterocycles. The van der Waals surface area contributed by atoms with Crippen LogP contribution in [0.25, 0.3) is 0 Å². The number of alkyl halides is 3. The standard InChI is InChI=1S/C7H11F3N2O2/c8-7(9,10)4-14-12-5(13)6(3-11)1-2-6/h1-4,11H2,(H,12,13). The summed E-state index contributed by atoms with van der Waals surface area (Å²) in [6.07, 6.45) is -3.23. The molecule has 1 aliphatic carbocycles. The zero-order valence-electron chi connectivity index (χ0n) is 7.36. The van der Waals surface area contributed by atoms with Gasteiger partial charge in [-0.1, -0.05) is 0 Å². The summed E-state index contributed by atoms with van der Waals surface area (Å²) in [7, 11) is 0. The molecule has 0 radical (unpaired) electrons. The lowest BCUT2D eigenvalue weighted by Crippen LogP contribution is -2.38. The van der Waals surface area contributed by atoms with E-state index in [9.17, 15) is 18.0 Å².